The lowest BCUT2D eigenvalue weighted by molar-refractivity contribution is -0.135. The van der Waals surface area contributed by atoms with Gasteiger partial charge in [-0.3, -0.25) is 9.59 Å². The highest BCUT2D eigenvalue weighted by molar-refractivity contribution is 5.96. The Balaban J connectivity index is 2.56. The Hall–Kier alpha value is -1.58. The van der Waals surface area contributed by atoms with Crippen molar-refractivity contribution in [2.24, 2.45) is 0 Å². The number of rotatable bonds is 5. The summed E-state index contributed by atoms with van der Waals surface area (Å²) < 4.78 is 5.14. The van der Waals surface area contributed by atoms with E-state index in [0.29, 0.717) is 13.1 Å². The van der Waals surface area contributed by atoms with Gasteiger partial charge in [-0.1, -0.05) is 0 Å². The van der Waals surface area contributed by atoms with Crippen molar-refractivity contribution in [1.82, 2.24) is 4.90 Å². The van der Waals surface area contributed by atoms with Crippen LogP contribution in [0, 0.1) is 0 Å². The number of carbonyl (C=O) groups excluding carboxylic acids is 2. The van der Waals surface area contributed by atoms with Crippen LogP contribution in [0.3, 0.4) is 0 Å². The third kappa shape index (κ3) is 3.58. The number of carbonyl (C=O) groups is 2. The second-order valence-electron chi connectivity index (χ2n) is 3.37. The Morgan fingerprint density at radius 1 is 1.47 bits per heavy atom. The Labute approximate surface area is 88.9 Å². The molecule has 4 heteroatoms. The lowest BCUT2D eigenvalue weighted by atomic mass is 10.2. The zero-order chi connectivity index (χ0) is 11.3. The number of furan rings is 1. The predicted molar refractivity (Wildman–Crippen MR) is 55.1 cm³/mol. The maximum Gasteiger partial charge on any atom is 0.230 e. The standard InChI is InChI=1S/C11H15NO3/c1-3-12(11(14)7-9(2)13)8-10-5-4-6-15-10/h4-6H,3,7-8H2,1-2H3. The van der Waals surface area contributed by atoms with Gasteiger partial charge in [0.05, 0.1) is 19.2 Å². The number of Topliss-reactive ketones (excluding diaryl/α,β-unsaturated/α-hetero) is 1. The van der Waals surface area contributed by atoms with E-state index in [1.165, 1.54) is 6.92 Å². The number of ketones is 1. The molecule has 1 amide bonds. The predicted octanol–water partition coefficient (Wildman–Crippen LogP) is 1.61. The van der Waals surface area contributed by atoms with Crippen molar-refractivity contribution in [2.45, 2.75) is 26.8 Å². The molecule has 0 aliphatic heterocycles. The highest BCUT2D eigenvalue weighted by Gasteiger charge is 2.14. The van der Waals surface area contributed by atoms with Gasteiger partial charge in [-0.25, -0.2) is 0 Å². The van der Waals surface area contributed by atoms with Crippen LogP contribution in [0.15, 0.2) is 22.8 Å². The van der Waals surface area contributed by atoms with Crippen molar-refractivity contribution >= 4 is 11.7 Å². The molecular formula is C11H15NO3. The van der Waals surface area contributed by atoms with Crippen LogP contribution in [-0.4, -0.2) is 23.1 Å². The number of hydrogen-bond donors (Lipinski definition) is 0. The van der Waals surface area contributed by atoms with Gasteiger partial charge in [0.15, 0.2) is 0 Å². The molecule has 0 aliphatic carbocycles. The molecule has 0 saturated carbocycles. The first-order chi connectivity index (χ1) is 7.13. The summed E-state index contributed by atoms with van der Waals surface area (Å²) in [5.74, 6) is 0.466. The fraction of sp³-hybridized carbons (Fsp3) is 0.455. The minimum Gasteiger partial charge on any atom is -0.467 e. The minimum atomic E-state index is -0.151. The highest BCUT2D eigenvalue weighted by atomic mass is 16.3. The van der Waals surface area contributed by atoms with E-state index in [1.54, 1.807) is 17.2 Å². The van der Waals surface area contributed by atoms with E-state index in [0.717, 1.165) is 5.76 Å². The zero-order valence-corrected chi connectivity index (χ0v) is 9.03. The Kier molecular flexibility index (Phi) is 4.09. The molecule has 0 saturated heterocycles. The average molecular weight is 209 g/mol. The average Bonchev–Trinajstić information content (AvgIpc) is 2.65. The van der Waals surface area contributed by atoms with Gasteiger partial charge in [-0.05, 0) is 26.0 Å². The van der Waals surface area contributed by atoms with Gasteiger partial charge >= 0.3 is 0 Å². The minimum absolute atomic E-state index is 0.0332. The SMILES string of the molecule is CCN(Cc1ccco1)C(=O)CC(C)=O. The van der Waals surface area contributed by atoms with E-state index >= 15 is 0 Å². The van der Waals surface area contributed by atoms with Crippen LogP contribution in [0.5, 0.6) is 0 Å². The van der Waals surface area contributed by atoms with Crippen molar-refractivity contribution in [3.63, 3.8) is 0 Å². The normalized spacial score (nSPS) is 10.0. The molecule has 1 heterocycles. The van der Waals surface area contributed by atoms with Gasteiger partial charge in [-0.2, -0.15) is 0 Å². The Morgan fingerprint density at radius 2 is 2.20 bits per heavy atom. The van der Waals surface area contributed by atoms with Crippen molar-refractivity contribution in [3.05, 3.63) is 24.2 Å². The van der Waals surface area contributed by atoms with Crippen LogP contribution in [0.4, 0.5) is 0 Å². The van der Waals surface area contributed by atoms with Gasteiger partial charge in [0.2, 0.25) is 5.91 Å². The molecule has 1 aromatic heterocycles. The largest absolute Gasteiger partial charge is 0.467 e. The van der Waals surface area contributed by atoms with Gasteiger partial charge in [0, 0.05) is 6.54 Å². The molecule has 4 nitrogen and oxygen atoms in total. The summed E-state index contributed by atoms with van der Waals surface area (Å²) in [5, 5.41) is 0. The quantitative estimate of drug-likeness (QED) is 0.692. The van der Waals surface area contributed by atoms with Crippen LogP contribution in [0.2, 0.25) is 0 Å². The maximum atomic E-state index is 11.6. The Morgan fingerprint density at radius 3 is 2.67 bits per heavy atom. The van der Waals surface area contributed by atoms with E-state index in [2.05, 4.69) is 0 Å². The molecular weight excluding hydrogens is 194 g/mol. The summed E-state index contributed by atoms with van der Waals surface area (Å²) in [6, 6.07) is 3.59. The molecule has 15 heavy (non-hydrogen) atoms. The number of nitrogens with zero attached hydrogens (tertiary/aromatic N) is 1. The highest BCUT2D eigenvalue weighted by Crippen LogP contribution is 2.06. The van der Waals surface area contributed by atoms with Gasteiger partial charge in [0.25, 0.3) is 0 Å². The van der Waals surface area contributed by atoms with Crippen LogP contribution in [0.25, 0.3) is 0 Å². The Bertz CT molecular complexity index is 330. The van der Waals surface area contributed by atoms with E-state index in [9.17, 15) is 9.59 Å². The van der Waals surface area contributed by atoms with Crippen molar-refractivity contribution in [3.8, 4) is 0 Å². The molecule has 0 N–H and O–H groups in total. The fourth-order valence-electron chi connectivity index (χ4n) is 1.29. The van der Waals surface area contributed by atoms with E-state index in [1.807, 2.05) is 13.0 Å². The summed E-state index contributed by atoms with van der Waals surface area (Å²) in [7, 11) is 0. The molecule has 0 fully saturated rings. The van der Waals surface area contributed by atoms with Gasteiger partial charge in [0.1, 0.15) is 11.5 Å². The molecule has 1 aromatic rings. The molecule has 0 atom stereocenters. The number of hydrogen-bond acceptors (Lipinski definition) is 3. The number of amides is 1. The molecule has 0 spiro atoms. The molecule has 0 bridgehead atoms. The van der Waals surface area contributed by atoms with E-state index < -0.39 is 0 Å². The first-order valence-corrected chi connectivity index (χ1v) is 4.93. The summed E-state index contributed by atoms with van der Waals surface area (Å²) >= 11 is 0. The summed E-state index contributed by atoms with van der Waals surface area (Å²) in [6.07, 6.45) is 1.53. The van der Waals surface area contributed by atoms with Crippen LogP contribution in [-0.2, 0) is 16.1 Å². The summed E-state index contributed by atoms with van der Waals surface area (Å²) in [6.45, 7) is 4.29. The third-order valence-corrected chi connectivity index (χ3v) is 2.06. The summed E-state index contributed by atoms with van der Waals surface area (Å²) in [5.41, 5.74) is 0. The van der Waals surface area contributed by atoms with Crippen molar-refractivity contribution < 1.29 is 14.0 Å². The molecule has 0 aromatic carbocycles. The topological polar surface area (TPSA) is 50.5 Å². The fourth-order valence-corrected chi connectivity index (χ4v) is 1.29. The first-order valence-electron chi connectivity index (χ1n) is 4.93. The molecule has 0 radical (unpaired) electrons. The van der Waals surface area contributed by atoms with Crippen molar-refractivity contribution in [1.29, 1.82) is 0 Å². The first kappa shape index (κ1) is 11.5. The van der Waals surface area contributed by atoms with Crippen LogP contribution in [0.1, 0.15) is 26.0 Å². The molecule has 1 rings (SSSR count). The van der Waals surface area contributed by atoms with Crippen molar-refractivity contribution in [2.75, 3.05) is 6.54 Å². The third-order valence-electron chi connectivity index (χ3n) is 2.06. The lowest BCUT2D eigenvalue weighted by Gasteiger charge is -2.18. The monoisotopic (exact) mass is 209 g/mol. The zero-order valence-electron chi connectivity index (χ0n) is 9.03. The lowest BCUT2D eigenvalue weighted by Crippen LogP contribution is -2.31. The smallest absolute Gasteiger partial charge is 0.230 e. The molecule has 0 unspecified atom stereocenters. The molecule has 0 aliphatic rings. The van der Waals surface area contributed by atoms with E-state index in [-0.39, 0.29) is 18.1 Å². The van der Waals surface area contributed by atoms with Crippen LogP contribution < -0.4 is 0 Å². The summed E-state index contributed by atoms with van der Waals surface area (Å²) in [4.78, 5) is 24.0. The van der Waals surface area contributed by atoms with Gasteiger partial charge < -0.3 is 9.32 Å². The van der Waals surface area contributed by atoms with E-state index in [4.69, 9.17) is 4.42 Å². The van der Waals surface area contributed by atoms with Gasteiger partial charge in [-0.15, -0.1) is 0 Å². The molecule has 82 valence electrons. The second kappa shape index (κ2) is 5.34. The maximum absolute atomic E-state index is 11.6. The van der Waals surface area contributed by atoms with Crippen LogP contribution >= 0.6 is 0 Å². The second-order valence-corrected chi connectivity index (χ2v) is 3.37.